The molecule has 8 rings (SSSR count). The number of ether oxygens (including phenoxy) is 1. The number of nitrogens with one attached hydrogen (secondary N) is 1. The van der Waals surface area contributed by atoms with Gasteiger partial charge in [0, 0.05) is 59.4 Å². The Labute approximate surface area is 246 Å². The van der Waals surface area contributed by atoms with Crippen molar-refractivity contribution in [3.05, 3.63) is 137 Å². The molecule has 0 amide bonds. The first kappa shape index (κ1) is 25.3. The van der Waals surface area contributed by atoms with Gasteiger partial charge in [-0.2, -0.15) is 0 Å². The van der Waals surface area contributed by atoms with Crippen molar-refractivity contribution in [3.8, 4) is 16.9 Å². The molecule has 1 atom stereocenters. The first-order valence-corrected chi connectivity index (χ1v) is 14.9. The molecule has 1 aliphatic carbocycles. The van der Waals surface area contributed by atoms with Crippen LogP contribution in [0.15, 0.2) is 103 Å². The van der Waals surface area contributed by atoms with Gasteiger partial charge in [0.1, 0.15) is 11.6 Å². The number of hydrogen-bond donors (Lipinski definition) is 1. The van der Waals surface area contributed by atoms with E-state index >= 15 is 0 Å². The Bertz CT molecular complexity index is 1870. The second-order valence-electron chi connectivity index (χ2n) is 12.2. The van der Waals surface area contributed by atoms with Crippen LogP contribution in [0.3, 0.4) is 0 Å². The Morgan fingerprint density at radius 3 is 2.14 bits per heavy atom. The fraction of sp³-hybridized carbons (Fsp3) is 0.211. The standard InChI is InChI=1S/C38H33FN2O/c1-37(2)33-10-6-5-9-31(33)34-29-7-3-4-8-30(29)36-32(35(34)37)19-20-38(42-36,25-11-15-27(39)16-12-25)26-13-17-28(18-14-26)41-23-21-40-22-24-41/h3-20,40H,21-24H2,1-2H3. The third kappa shape index (κ3) is 3.61. The summed E-state index contributed by atoms with van der Waals surface area (Å²) >= 11 is 0. The van der Waals surface area contributed by atoms with Gasteiger partial charge in [0.15, 0.2) is 5.60 Å². The second kappa shape index (κ2) is 9.30. The van der Waals surface area contributed by atoms with Crippen LogP contribution in [0.4, 0.5) is 10.1 Å². The molecular weight excluding hydrogens is 519 g/mol. The first-order chi connectivity index (χ1) is 20.5. The minimum atomic E-state index is -0.907. The maximum absolute atomic E-state index is 14.2. The summed E-state index contributed by atoms with van der Waals surface area (Å²) in [6.45, 7) is 8.58. The molecule has 0 radical (unpaired) electrons. The van der Waals surface area contributed by atoms with Crippen molar-refractivity contribution in [1.82, 2.24) is 5.32 Å². The maximum Gasteiger partial charge on any atom is 0.178 e. The van der Waals surface area contributed by atoms with E-state index in [0.29, 0.717) is 0 Å². The smallest absolute Gasteiger partial charge is 0.178 e. The SMILES string of the molecule is CC1(C)c2ccccc2-c2c1c1c(c3ccccc23)OC(c2ccc(F)cc2)(c2ccc(N3CCNCC3)cc2)C=C1. The van der Waals surface area contributed by atoms with Gasteiger partial charge in [-0.25, -0.2) is 4.39 Å². The number of hydrogen-bond acceptors (Lipinski definition) is 3. The van der Waals surface area contributed by atoms with Crippen LogP contribution in [-0.2, 0) is 11.0 Å². The number of anilines is 1. The van der Waals surface area contributed by atoms with Gasteiger partial charge in [0.05, 0.1) is 0 Å². The number of fused-ring (bicyclic) bond motifs is 8. The molecule has 3 nitrogen and oxygen atoms in total. The number of piperazine rings is 1. The molecular formula is C38H33FN2O. The van der Waals surface area contributed by atoms with Crippen LogP contribution in [0.25, 0.3) is 28.0 Å². The molecule has 1 N–H and O–H groups in total. The summed E-state index contributed by atoms with van der Waals surface area (Å²) in [5.74, 6) is 0.620. The Morgan fingerprint density at radius 1 is 0.762 bits per heavy atom. The monoisotopic (exact) mass is 552 g/mol. The van der Waals surface area contributed by atoms with Gasteiger partial charge >= 0.3 is 0 Å². The molecule has 1 saturated heterocycles. The Kier molecular flexibility index (Phi) is 5.61. The summed E-state index contributed by atoms with van der Waals surface area (Å²) in [6, 6.07) is 32.9. The Balaban J connectivity index is 1.35. The van der Waals surface area contributed by atoms with E-state index in [4.69, 9.17) is 4.74 Å². The van der Waals surface area contributed by atoms with E-state index in [1.54, 1.807) is 0 Å². The Morgan fingerprint density at radius 2 is 1.40 bits per heavy atom. The van der Waals surface area contributed by atoms with E-state index in [9.17, 15) is 4.39 Å². The zero-order valence-electron chi connectivity index (χ0n) is 24.0. The van der Waals surface area contributed by atoms with Crippen LogP contribution < -0.4 is 15.0 Å². The van der Waals surface area contributed by atoms with Crippen LogP contribution in [0.1, 0.15) is 41.7 Å². The summed E-state index contributed by atoms with van der Waals surface area (Å²) in [5.41, 5.74) is 8.38. The number of halogens is 1. The summed E-state index contributed by atoms with van der Waals surface area (Å²) in [5, 5.41) is 5.72. The van der Waals surface area contributed by atoms with Crippen molar-refractivity contribution in [1.29, 1.82) is 0 Å². The zero-order chi connectivity index (χ0) is 28.5. The minimum Gasteiger partial charge on any atom is -0.472 e. The van der Waals surface area contributed by atoms with Crippen LogP contribution in [0, 0.1) is 5.82 Å². The summed E-state index contributed by atoms with van der Waals surface area (Å²) in [7, 11) is 0. The summed E-state index contributed by atoms with van der Waals surface area (Å²) in [6.07, 6.45) is 4.43. The average molecular weight is 553 g/mol. The third-order valence-corrected chi connectivity index (χ3v) is 9.50. The van der Waals surface area contributed by atoms with Crippen LogP contribution in [0.5, 0.6) is 5.75 Å². The topological polar surface area (TPSA) is 24.5 Å². The molecule has 2 heterocycles. The molecule has 0 bridgehead atoms. The molecule has 208 valence electrons. The van der Waals surface area contributed by atoms with Gasteiger partial charge in [0.2, 0.25) is 0 Å². The molecule has 4 heteroatoms. The molecule has 3 aliphatic rings. The van der Waals surface area contributed by atoms with Crippen molar-refractivity contribution >= 4 is 22.5 Å². The van der Waals surface area contributed by atoms with Crippen LogP contribution in [0.2, 0.25) is 0 Å². The van der Waals surface area contributed by atoms with Gasteiger partial charge in [-0.1, -0.05) is 92.7 Å². The fourth-order valence-electron chi connectivity index (χ4n) is 7.42. The minimum absolute atomic E-state index is 0.186. The van der Waals surface area contributed by atoms with Crippen molar-refractivity contribution in [3.63, 3.8) is 0 Å². The highest BCUT2D eigenvalue weighted by molar-refractivity contribution is 6.08. The first-order valence-electron chi connectivity index (χ1n) is 14.9. The van der Waals surface area contributed by atoms with E-state index < -0.39 is 5.60 Å². The van der Waals surface area contributed by atoms with E-state index in [1.165, 1.54) is 45.5 Å². The van der Waals surface area contributed by atoms with E-state index in [1.807, 2.05) is 12.1 Å². The highest BCUT2D eigenvalue weighted by Gasteiger charge is 2.44. The van der Waals surface area contributed by atoms with Crippen molar-refractivity contribution in [2.45, 2.75) is 24.9 Å². The molecule has 1 fully saturated rings. The van der Waals surface area contributed by atoms with Gasteiger partial charge in [-0.3, -0.25) is 0 Å². The lowest BCUT2D eigenvalue weighted by atomic mass is 9.77. The largest absolute Gasteiger partial charge is 0.472 e. The zero-order valence-corrected chi connectivity index (χ0v) is 24.0. The normalized spacial score (nSPS) is 20.1. The molecule has 1 unspecified atom stereocenters. The van der Waals surface area contributed by atoms with Crippen molar-refractivity contribution in [2.24, 2.45) is 0 Å². The Hall–Kier alpha value is -4.41. The molecule has 5 aromatic rings. The predicted molar refractivity (Wildman–Crippen MR) is 170 cm³/mol. The second-order valence-corrected chi connectivity index (χ2v) is 12.2. The van der Waals surface area contributed by atoms with E-state index in [-0.39, 0.29) is 11.2 Å². The lowest BCUT2D eigenvalue weighted by Gasteiger charge is -2.38. The highest BCUT2D eigenvalue weighted by atomic mass is 19.1. The number of rotatable bonds is 3. The summed E-state index contributed by atoms with van der Waals surface area (Å²) < 4.78 is 21.5. The number of nitrogens with zero attached hydrogens (tertiary/aromatic N) is 1. The van der Waals surface area contributed by atoms with Gasteiger partial charge < -0.3 is 15.0 Å². The van der Waals surface area contributed by atoms with E-state index in [0.717, 1.165) is 54.0 Å². The van der Waals surface area contributed by atoms with Crippen molar-refractivity contribution in [2.75, 3.05) is 31.1 Å². The molecule has 0 spiro atoms. The average Bonchev–Trinajstić information content (AvgIpc) is 3.29. The lowest BCUT2D eigenvalue weighted by Crippen LogP contribution is -2.43. The number of benzene rings is 5. The molecule has 0 saturated carbocycles. The molecule has 0 aromatic heterocycles. The van der Waals surface area contributed by atoms with Gasteiger partial charge in [-0.05, 0) is 58.0 Å². The lowest BCUT2D eigenvalue weighted by molar-refractivity contribution is 0.163. The van der Waals surface area contributed by atoms with Crippen LogP contribution >= 0.6 is 0 Å². The quantitative estimate of drug-likeness (QED) is 0.245. The molecule has 5 aromatic carbocycles. The molecule has 2 aliphatic heterocycles. The van der Waals surface area contributed by atoms with Crippen molar-refractivity contribution < 1.29 is 9.13 Å². The maximum atomic E-state index is 14.2. The predicted octanol–water partition coefficient (Wildman–Crippen LogP) is 8.04. The highest BCUT2D eigenvalue weighted by Crippen LogP contribution is 2.58. The van der Waals surface area contributed by atoms with E-state index in [2.05, 4.69) is 109 Å². The van der Waals surface area contributed by atoms with Gasteiger partial charge in [-0.15, -0.1) is 0 Å². The third-order valence-electron chi connectivity index (χ3n) is 9.50. The van der Waals surface area contributed by atoms with Gasteiger partial charge in [0.25, 0.3) is 0 Å². The fourth-order valence-corrected chi connectivity index (χ4v) is 7.42. The summed E-state index contributed by atoms with van der Waals surface area (Å²) in [4.78, 5) is 2.41. The van der Waals surface area contributed by atoms with Crippen LogP contribution in [-0.4, -0.2) is 26.2 Å². The molecule has 42 heavy (non-hydrogen) atoms.